The van der Waals surface area contributed by atoms with Gasteiger partial charge in [-0.15, -0.1) is 0 Å². The van der Waals surface area contributed by atoms with Gasteiger partial charge in [-0.25, -0.2) is 4.79 Å². The highest BCUT2D eigenvalue weighted by atomic mass is 16.6. The van der Waals surface area contributed by atoms with Crippen molar-refractivity contribution in [2.24, 2.45) is 0 Å². The summed E-state index contributed by atoms with van der Waals surface area (Å²) in [6, 6.07) is 8.78. The number of alkyl carbamates (subject to hydrolysis) is 1. The number of carbonyl (C=O) groups is 3. The van der Waals surface area contributed by atoms with E-state index in [1.54, 1.807) is 27.7 Å². The van der Waals surface area contributed by atoms with E-state index in [0.29, 0.717) is 6.42 Å². The second-order valence-electron chi connectivity index (χ2n) is 7.49. The van der Waals surface area contributed by atoms with Crippen molar-refractivity contribution in [2.75, 3.05) is 7.11 Å². The van der Waals surface area contributed by atoms with Gasteiger partial charge in [-0.3, -0.25) is 9.59 Å². The standard InChI is InChI=1S/C20H30N2O5/c1-14(21-19(25)27-20(2,3)4)11-17(23)22-16(13-18(24)26-5)12-15-9-7-6-8-10-15/h6-10,14,16H,11-13H2,1-5H3,(H,21,25)(H,22,23)/t14-,16+/m1/s1. The topological polar surface area (TPSA) is 93.7 Å². The predicted molar refractivity (Wildman–Crippen MR) is 102 cm³/mol. The molecule has 0 bridgehead atoms. The van der Waals surface area contributed by atoms with Crippen molar-refractivity contribution in [1.29, 1.82) is 0 Å². The molecule has 2 N–H and O–H groups in total. The molecule has 0 aromatic heterocycles. The van der Waals surface area contributed by atoms with Gasteiger partial charge in [0.25, 0.3) is 0 Å². The van der Waals surface area contributed by atoms with Crippen molar-refractivity contribution in [3.05, 3.63) is 35.9 Å². The molecule has 0 radical (unpaired) electrons. The van der Waals surface area contributed by atoms with Gasteiger partial charge < -0.3 is 20.1 Å². The lowest BCUT2D eigenvalue weighted by molar-refractivity contribution is -0.141. The number of hydrogen-bond acceptors (Lipinski definition) is 5. The van der Waals surface area contributed by atoms with Crippen molar-refractivity contribution in [3.8, 4) is 0 Å². The Morgan fingerprint density at radius 1 is 1.04 bits per heavy atom. The van der Waals surface area contributed by atoms with Crippen LogP contribution >= 0.6 is 0 Å². The molecule has 0 saturated heterocycles. The van der Waals surface area contributed by atoms with Crippen molar-refractivity contribution >= 4 is 18.0 Å². The lowest BCUT2D eigenvalue weighted by Crippen LogP contribution is -2.43. The Bertz CT molecular complexity index is 625. The van der Waals surface area contributed by atoms with Crippen LogP contribution in [0.15, 0.2) is 30.3 Å². The summed E-state index contributed by atoms with van der Waals surface area (Å²) in [6.45, 7) is 7.02. The second kappa shape index (κ2) is 10.5. The normalized spacial score (nSPS) is 13.2. The van der Waals surface area contributed by atoms with Gasteiger partial charge in [0.05, 0.1) is 13.5 Å². The van der Waals surface area contributed by atoms with E-state index in [0.717, 1.165) is 5.56 Å². The molecule has 7 nitrogen and oxygen atoms in total. The van der Waals surface area contributed by atoms with E-state index < -0.39 is 23.7 Å². The summed E-state index contributed by atoms with van der Waals surface area (Å²) in [4.78, 5) is 35.8. The monoisotopic (exact) mass is 378 g/mol. The van der Waals surface area contributed by atoms with Crippen molar-refractivity contribution < 1.29 is 23.9 Å². The average molecular weight is 378 g/mol. The number of hydrogen-bond donors (Lipinski definition) is 2. The van der Waals surface area contributed by atoms with Gasteiger partial charge in [-0.2, -0.15) is 0 Å². The fourth-order valence-corrected chi connectivity index (χ4v) is 2.48. The molecule has 2 amide bonds. The molecule has 150 valence electrons. The number of amides is 2. The van der Waals surface area contributed by atoms with Crippen LogP contribution in [-0.2, 0) is 25.5 Å². The first-order valence-electron chi connectivity index (χ1n) is 8.98. The Labute approximate surface area is 160 Å². The van der Waals surface area contributed by atoms with Crippen LogP contribution < -0.4 is 10.6 Å². The molecule has 0 aliphatic carbocycles. The van der Waals surface area contributed by atoms with Crippen LogP contribution in [0.2, 0.25) is 0 Å². The molecule has 1 aromatic carbocycles. The molecular formula is C20H30N2O5. The smallest absolute Gasteiger partial charge is 0.407 e. The van der Waals surface area contributed by atoms with Gasteiger partial charge in [-0.05, 0) is 39.7 Å². The molecule has 27 heavy (non-hydrogen) atoms. The summed E-state index contributed by atoms with van der Waals surface area (Å²) >= 11 is 0. The largest absolute Gasteiger partial charge is 0.469 e. The zero-order chi connectivity index (χ0) is 20.4. The first-order valence-corrected chi connectivity index (χ1v) is 8.98. The quantitative estimate of drug-likeness (QED) is 0.678. The van der Waals surface area contributed by atoms with Crippen LogP contribution in [0.3, 0.4) is 0 Å². The highest BCUT2D eigenvalue weighted by molar-refractivity contribution is 5.79. The maximum absolute atomic E-state index is 12.3. The fourth-order valence-electron chi connectivity index (χ4n) is 2.48. The molecule has 0 spiro atoms. The van der Waals surface area contributed by atoms with Crippen LogP contribution in [0.1, 0.15) is 46.1 Å². The molecule has 1 aromatic rings. The zero-order valence-corrected chi connectivity index (χ0v) is 16.7. The third kappa shape index (κ3) is 10.2. The summed E-state index contributed by atoms with van der Waals surface area (Å²) in [6.07, 6.45) is 0.0879. The molecule has 0 aliphatic heterocycles. The highest BCUT2D eigenvalue weighted by Gasteiger charge is 2.21. The molecule has 0 fully saturated rings. The minimum absolute atomic E-state index is 0.0744. The van der Waals surface area contributed by atoms with Crippen LogP contribution in [0.5, 0.6) is 0 Å². The van der Waals surface area contributed by atoms with E-state index in [4.69, 9.17) is 9.47 Å². The number of nitrogens with one attached hydrogen (secondary N) is 2. The Balaban J connectivity index is 2.59. The Morgan fingerprint density at radius 2 is 1.67 bits per heavy atom. The number of ether oxygens (including phenoxy) is 2. The first kappa shape index (κ1) is 22.5. The Kier molecular flexibility index (Phi) is 8.78. The molecule has 7 heteroatoms. The van der Waals surface area contributed by atoms with Crippen LogP contribution in [0.4, 0.5) is 4.79 Å². The van der Waals surface area contributed by atoms with Crippen molar-refractivity contribution in [1.82, 2.24) is 10.6 Å². The van der Waals surface area contributed by atoms with Crippen molar-refractivity contribution in [2.45, 2.75) is 64.6 Å². The maximum Gasteiger partial charge on any atom is 0.407 e. The summed E-state index contributed by atoms with van der Waals surface area (Å²) in [7, 11) is 1.32. The molecule has 1 rings (SSSR count). The lowest BCUT2D eigenvalue weighted by Gasteiger charge is -2.22. The molecule has 0 aliphatic rings. The van der Waals surface area contributed by atoms with Gasteiger partial charge >= 0.3 is 12.1 Å². The average Bonchev–Trinajstić information content (AvgIpc) is 2.53. The number of esters is 1. The minimum Gasteiger partial charge on any atom is -0.469 e. The van der Waals surface area contributed by atoms with Gasteiger partial charge in [0.1, 0.15) is 5.60 Å². The minimum atomic E-state index is -0.604. The van der Waals surface area contributed by atoms with E-state index >= 15 is 0 Å². The molecular weight excluding hydrogens is 348 g/mol. The van der Waals surface area contributed by atoms with Gasteiger partial charge in [-0.1, -0.05) is 30.3 Å². The summed E-state index contributed by atoms with van der Waals surface area (Å²) in [5.41, 5.74) is 0.402. The van der Waals surface area contributed by atoms with Crippen LogP contribution in [-0.4, -0.2) is 42.8 Å². The van der Waals surface area contributed by atoms with Crippen LogP contribution in [0.25, 0.3) is 0 Å². The van der Waals surface area contributed by atoms with E-state index in [-0.39, 0.29) is 24.8 Å². The van der Waals surface area contributed by atoms with Gasteiger partial charge in [0.2, 0.25) is 5.91 Å². The highest BCUT2D eigenvalue weighted by Crippen LogP contribution is 2.09. The summed E-state index contributed by atoms with van der Waals surface area (Å²) in [5, 5.41) is 5.48. The predicted octanol–water partition coefficient (Wildman–Crippen LogP) is 2.58. The van der Waals surface area contributed by atoms with E-state index in [2.05, 4.69) is 10.6 Å². The van der Waals surface area contributed by atoms with E-state index in [1.165, 1.54) is 7.11 Å². The molecule has 0 unspecified atom stereocenters. The van der Waals surface area contributed by atoms with Gasteiger partial charge in [0.15, 0.2) is 0 Å². The summed E-state index contributed by atoms with van der Waals surface area (Å²) in [5.74, 6) is -0.653. The second-order valence-corrected chi connectivity index (χ2v) is 7.49. The maximum atomic E-state index is 12.3. The number of benzene rings is 1. The van der Waals surface area contributed by atoms with Crippen molar-refractivity contribution in [3.63, 3.8) is 0 Å². The summed E-state index contributed by atoms with van der Waals surface area (Å²) < 4.78 is 9.89. The van der Waals surface area contributed by atoms with E-state index in [9.17, 15) is 14.4 Å². The third-order valence-electron chi connectivity index (χ3n) is 3.59. The zero-order valence-electron chi connectivity index (χ0n) is 16.7. The van der Waals surface area contributed by atoms with Gasteiger partial charge in [0, 0.05) is 18.5 Å². The molecule has 2 atom stereocenters. The number of rotatable bonds is 8. The lowest BCUT2D eigenvalue weighted by atomic mass is 10.0. The third-order valence-corrected chi connectivity index (χ3v) is 3.59. The number of carbonyl (C=O) groups excluding carboxylic acids is 3. The molecule has 0 heterocycles. The van der Waals surface area contributed by atoms with Crippen LogP contribution in [0, 0.1) is 0 Å². The Hall–Kier alpha value is -2.57. The van der Waals surface area contributed by atoms with E-state index in [1.807, 2.05) is 30.3 Å². The fraction of sp³-hybridized carbons (Fsp3) is 0.550. The molecule has 0 saturated carbocycles. The Morgan fingerprint density at radius 3 is 2.22 bits per heavy atom. The first-order chi connectivity index (χ1) is 12.6. The number of methoxy groups -OCH3 is 1. The SMILES string of the molecule is COC(=O)C[C@H](Cc1ccccc1)NC(=O)C[C@@H](C)NC(=O)OC(C)(C)C.